The van der Waals surface area contributed by atoms with Crippen LogP contribution in [0.25, 0.3) is 0 Å². The predicted octanol–water partition coefficient (Wildman–Crippen LogP) is 2.89. The van der Waals surface area contributed by atoms with Crippen molar-refractivity contribution in [2.45, 2.75) is 33.6 Å². The lowest BCUT2D eigenvalue weighted by atomic mass is 10.4. The van der Waals surface area contributed by atoms with Crippen LogP contribution in [0.5, 0.6) is 0 Å². The van der Waals surface area contributed by atoms with Crippen LogP contribution in [0.3, 0.4) is 0 Å². The van der Waals surface area contributed by atoms with Crippen LogP contribution in [-0.2, 0) is 0 Å². The summed E-state index contributed by atoms with van der Waals surface area (Å²) in [4.78, 5) is 0. The SMILES string of the molecule is C=C(C)C.CCCC#N. The zero-order chi connectivity index (χ0) is 7.70. The number of unbranched alkanes of at least 4 members (excludes halogenated alkanes) is 1. The van der Waals surface area contributed by atoms with E-state index in [0.717, 1.165) is 6.42 Å². The minimum atomic E-state index is 0.694. The van der Waals surface area contributed by atoms with E-state index in [-0.39, 0.29) is 0 Å². The molecule has 0 amide bonds. The van der Waals surface area contributed by atoms with Crippen LogP contribution in [0.4, 0.5) is 0 Å². The first kappa shape index (κ1) is 11.1. The summed E-state index contributed by atoms with van der Waals surface area (Å²) in [5, 5.41) is 7.82. The van der Waals surface area contributed by atoms with Gasteiger partial charge in [-0.25, -0.2) is 0 Å². The molecule has 0 spiro atoms. The molecule has 0 radical (unpaired) electrons. The van der Waals surface area contributed by atoms with Crippen molar-refractivity contribution in [2.75, 3.05) is 0 Å². The van der Waals surface area contributed by atoms with Crippen LogP contribution in [0.1, 0.15) is 33.6 Å². The summed E-state index contributed by atoms with van der Waals surface area (Å²) >= 11 is 0. The molecule has 0 aromatic heterocycles. The largest absolute Gasteiger partial charge is 0.198 e. The van der Waals surface area contributed by atoms with Gasteiger partial charge in [-0.2, -0.15) is 5.26 Å². The molecule has 0 aromatic carbocycles. The van der Waals surface area contributed by atoms with Gasteiger partial charge < -0.3 is 0 Å². The Labute approximate surface area is 58.0 Å². The maximum absolute atomic E-state index is 7.82. The quantitative estimate of drug-likeness (QED) is 0.494. The van der Waals surface area contributed by atoms with Gasteiger partial charge in [-0.15, -0.1) is 6.58 Å². The summed E-state index contributed by atoms with van der Waals surface area (Å²) in [6.45, 7) is 9.49. The lowest BCUT2D eigenvalue weighted by Gasteiger charge is -1.65. The molecule has 0 saturated heterocycles. The molecule has 0 aliphatic rings. The second-order valence-electron chi connectivity index (χ2n) is 2.12. The fourth-order valence-corrected chi connectivity index (χ4v) is 0.112. The van der Waals surface area contributed by atoms with Crippen molar-refractivity contribution in [3.05, 3.63) is 12.2 Å². The third kappa shape index (κ3) is 131. The Kier molecular flexibility index (Phi) is 12.6. The van der Waals surface area contributed by atoms with E-state index in [1.54, 1.807) is 0 Å². The Morgan fingerprint density at radius 1 is 1.56 bits per heavy atom. The molecule has 0 unspecified atom stereocenters. The van der Waals surface area contributed by atoms with Gasteiger partial charge in [0.15, 0.2) is 0 Å². The monoisotopic (exact) mass is 125 g/mol. The van der Waals surface area contributed by atoms with Crippen molar-refractivity contribution in [2.24, 2.45) is 0 Å². The maximum atomic E-state index is 7.82. The van der Waals surface area contributed by atoms with E-state index in [2.05, 4.69) is 6.58 Å². The zero-order valence-corrected chi connectivity index (χ0v) is 6.57. The van der Waals surface area contributed by atoms with E-state index in [0.29, 0.717) is 6.42 Å². The number of hydrogen-bond acceptors (Lipinski definition) is 1. The van der Waals surface area contributed by atoms with Gasteiger partial charge in [-0.3, -0.25) is 0 Å². The second-order valence-corrected chi connectivity index (χ2v) is 2.12. The van der Waals surface area contributed by atoms with Crippen molar-refractivity contribution >= 4 is 0 Å². The van der Waals surface area contributed by atoms with Crippen LogP contribution in [0, 0.1) is 11.3 Å². The molecule has 1 nitrogen and oxygen atoms in total. The highest BCUT2D eigenvalue weighted by atomic mass is 14.2. The number of nitriles is 1. The number of rotatable bonds is 1. The van der Waals surface area contributed by atoms with E-state index in [1.165, 1.54) is 5.57 Å². The lowest BCUT2D eigenvalue weighted by molar-refractivity contribution is 0.969. The Morgan fingerprint density at radius 2 is 1.89 bits per heavy atom. The van der Waals surface area contributed by atoms with Crippen LogP contribution in [-0.4, -0.2) is 0 Å². The summed E-state index contributed by atoms with van der Waals surface area (Å²) in [6.07, 6.45) is 1.68. The zero-order valence-electron chi connectivity index (χ0n) is 6.57. The first-order valence-corrected chi connectivity index (χ1v) is 3.14. The normalized spacial score (nSPS) is 6.44. The summed E-state index contributed by atoms with van der Waals surface area (Å²) < 4.78 is 0. The predicted molar refractivity (Wildman–Crippen MR) is 41.0 cm³/mol. The first-order chi connectivity index (χ1) is 4.15. The van der Waals surface area contributed by atoms with Crippen LogP contribution in [0.15, 0.2) is 12.2 Å². The minimum Gasteiger partial charge on any atom is -0.198 e. The molecule has 52 valence electrons. The summed E-state index contributed by atoms with van der Waals surface area (Å²) in [7, 11) is 0. The third-order valence-corrected chi connectivity index (χ3v) is 0.362. The molecule has 0 aromatic rings. The molecule has 1 heteroatoms. The molecule has 9 heavy (non-hydrogen) atoms. The van der Waals surface area contributed by atoms with Gasteiger partial charge in [0.1, 0.15) is 0 Å². The Balaban J connectivity index is 0. The fourth-order valence-electron chi connectivity index (χ4n) is 0.112. The molecule has 0 aliphatic carbocycles. The lowest BCUT2D eigenvalue weighted by Crippen LogP contribution is -1.53. The molecule has 0 aliphatic heterocycles. The van der Waals surface area contributed by atoms with E-state index >= 15 is 0 Å². The second kappa shape index (κ2) is 10.3. The van der Waals surface area contributed by atoms with E-state index < -0.39 is 0 Å². The summed E-state index contributed by atoms with van der Waals surface area (Å²) in [5.41, 5.74) is 1.17. The number of nitrogens with zero attached hydrogens (tertiary/aromatic N) is 1. The topological polar surface area (TPSA) is 23.8 Å². The molecule has 0 N–H and O–H groups in total. The molecule has 0 bridgehead atoms. The van der Waals surface area contributed by atoms with Crippen LogP contribution < -0.4 is 0 Å². The third-order valence-electron chi connectivity index (χ3n) is 0.362. The van der Waals surface area contributed by atoms with E-state index in [9.17, 15) is 0 Å². The first-order valence-electron chi connectivity index (χ1n) is 3.14. The summed E-state index contributed by atoms with van der Waals surface area (Å²) in [6, 6.07) is 2.02. The Hall–Kier alpha value is -0.770. The molecule has 0 saturated carbocycles. The average Bonchev–Trinajstić information content (AvgIpc) is 1.66. The van der Waals surface area contributed by atoms with Gasteiger partial charge in [-0.05, 0) is 20.3 Å². The Bertz CT molecular complexity index is 93.6. The van der Waals surface area contributed by atoms with E-state index in [1.807, 2.05) is 26.8 Å². The van der Waals surface area contributed by atoms with Gasteiger partial charge in [0, 0.05) is 6.42 Å². The molecule has 0 fully saturated rings. The molecule has 0 atom stereocenters. The van der Waals surface area contributed by atoms with Crippen molar-refractivity contribution < 1.29 is 0 Å². The van der Waals surface area contributed by atoms with Crippen molar-refractivity contribution in [3.63, 3.8) is 0 Å². The van der Waals surface area contributed by atoms with Crippen molar-refractivity contribution in [3.8, 4) is 6.07 Å². The van der Waals surface area contributed by atoms with E-state index in [4.69, 9.17) is 5.26 Å². The molecular formula is C8H15N. The fraction of sp³-hybridized carbons (Fsp3) is 0.625. The van der Waals surface area contributed by atoms with Gasteiger partial charge in [0.25, 0.3) is 0 Å². The standard InChI is InChI=1S/C4H7N.C4H8/c1-2-3-4-5;1-4(2)3/h2-3H2,1H3;1H2,2-3H3. The molecule has 0 heterocycles. The van der Waals surface area contributed by atoms with Gasteiger partial charge in [-0.1, -0.05) is 12.5 Å². The summed E-state index contributed by atoms with van der Waals surface area (Å²) in [5.74, 6) is 0. The van der Waals surface area contributed by atoms with Crippen LogP contribution in [0.2, 0.25) is 0 Å². The Morgan fingerprint density at radius 3 is 1.89 bits per heavy atom. The minimum absolute atomic E-state index is 0.694. The molecule has 0 rings (SSSR count). The highest BCUT2D eigenvalue weighted by Crippen LogP contribution is 1.77. The number of hydrogen-bond donors (Lipinski definition) is 0. The maximum Gasteiger partial charge on any atom is 0.0621 e. The average molecular weight is 125 g/mol. The smallest absolute Gasteiger partial charge is 0.0621 e. The van der Waals surface area contributed by atoms with Crippen molar-refractivity contribution in [1.29, 1.82) is 5.26 Å². The molecular weight excluding hydrogens is 110 g/mol. The highest BCUT2D eigenvalue weighted by molar-refractivity contribution is 4.78. The van der Waals surface area contributed by atoms with Crippen LogP contribution >= 0.6 is 0 Å². The highest BCUT2D eigenvalue weighted by Gasteiger charge is 1.65. The van der Waals surface area contributed by atoms with Gasteiger partial charge >= 0.3 is 0 Å². The number of allylic oxidation sites excluding steroid dienone is 1. The van der Waals surface area contributed by atoms with Gasteiger partial charge in [0.05, 0.1) is 6.07 Å². The van der Waals surface area contributed by atoms with Gasteiger partial charge in [0.2, 0.25) is 0 Å². The van der Waals surface area contributed by atoms with Crippen molar-refractivity contribution in [1.82, 2.24) is 0 Å².